The Morgan fingerprint density at radius 3 is 2.39 bits per heavy atom. The Balaban J connectivity index is 1.68. The molecule has 3 aromatic heterocycles. The first-order valence-electron chi connectivity index (χ1n) is 7.61. The van der Waals surface area contributed by atoms with Crippen LogP contribution in [0.3, 0.4) is 0 Å². The second kappa shape index (κ2) is 5.65. The van der Waals surface area contributed by atoms with Gasteiger partial charge in [-0.3, -0.25) is 4.98 Å². The molecular formula is C19H16N4. The summed E-state index contributed by atoms with van der Waals surface area (Å²) in [4.78, 5) is 17.2. The lowest BCUT2D eigenvalue weighted by Crippen LogP contribution is -1.97. The number of hydrogen-bond acceptors (Lipinski definition) is 3. The largest absolute Gasteiger partial charge is 0.337 e. The molecule has 4 nitrogen and oxygen atoms in total. The molecule has 0 bridgehead atoms. The molecule has 4 aromatic rings. The fourth-order valence-electron chi connectivity index (χ4n) is 2.67. The molecule has 4 heteroatoms. The third-order valence-corrected chi connectivity index (χ3v) is 3.75. The highest BCUT2D eigenvalue weighted by Gasteiger charge is 2.07. The van der Waals surface area contributed by atoms with Gasteiger partial charge in [0.2, 0.25) is 0 Å². The number of para-hydroxylation sites is 2. The molecule has 0 aliphatic heterocycles. The molecule has 0 radical (unpaired) electrons. The van der Waals surface area contributed by atoms with Gasteiger partial charge < -0.3 is 4.98 Å². The monoisotopic (exact) mass is 300 g/mol. The highest BCUT2D eigenvalue weighted by molar-refractivity contribution is 5.78. The Bertz CT molecular complexity index is 939. The molecule has 0 aliphatic carbocycles. The van der Waals surface area contributed by atoms with Gasteiger partial charge in [0.25, 0.3) is 0 Å². The van der Waals surface area contributed by atoms with E-state index in [-0.39, 0.29) is 0 Å². The van der Waals surface area contributed by atoms with Gasteiger partial charge >= 0.3 is 0 Å². The van der Waals surface area contributed by atoms with Crippen LogP contribution in [0.4, 0.5) is 0 Å². The van der Waals surface area contributed by atoms with E-state index in [0.717, 1.165) is 46.1 Å². The molecule has 0 aliphatic rings. The summed E-state index contributed by atoms with van der Waals surface area (Å²) in [6.45, 7) is 2.00. The standard InChI is InChI=1S/C19H16N4/c1-13-6-4-7-14(20-13)12-15-8-5-11-18(21-15)19-22-16-9-2-3-10-17(16)23-19/h2-11H,12H2,1H3,(H,22,23). The van der Waals surface area contributed by atoms with Crippen LogP contribution >= 0.6 is 0 Å². The van der Waals surface area contributed by atoms with Crippen LogP contribution in [0.2, 0.25) is 0 Å². The van der Waals surface area contributed by atoms with Gasteiger partial charge in [0, 0.05) is 23.5 Å². The van der Waals surface area contributed by atoms with Crippen LogP contribution in [0, 0.1) is 6.92 Å². The van der Waals surface area contributed by atoms with Gasteiger partial charge in [0.05, 0.1) is 11.0 Å². The number of imidazole rings is 1. The number of H-pyrrole nitrogens is 1. The molecule has 1 N–H and O–H groups in total. The quantitative estimate of drug-likeness (QED) is 0.624. The number of nitrogens with zero attached hydrogens (tertiary/aromatic N) is 3. The van der Waals surface area contributed by atoms with Gasteiger partial charge in [0.1, 0.15) is 5.69 Å². The van der Waals surface area contributed by atoms with Crippen LogP contribution in [0.25, 0.3) is 22.6 Å². The lowest BCUT2D eigenvalue weighted by atomic mass is 10.2. The first kappa shape index (κ1) is 13.6. The van der Waals surface area contributed by atoms with E-state index in [0.29, 0.717) is 0 Å². The first-order valence-corrected chi connectivity index (χ1v) is 7.61. The minimum Gasteiger partial charge on any atom is -0.337 e. The van der Waals surface area contributed by atoms with Gasteiger partial charge in [0.15, 0.2) is 5.82 Å². The van der Waals surface area contributed by atoms with E-state index in [9.17, 15) is 0 Å². The minimum atomic E-state index is 0.718. The van der Waals surface area contributed by atoms with Crippen molar-refractivity contribution in [2.24, 2.45) is 0 Å². The van der Waals surface area contributed by atoms with Gasteiger partial charge in [-0.2, -0.15) is 0 Å². The van der Waals surface area contributed by atoms with Gasteiger partial charge in [-0.05, 0) is 43.3 Å². The molecular weight excluding hydrogens is 284 g/mol. The van der Waals surface area contributed by atoms with Crippen molar-refractivity contribution >= 4 is 11.0 Å². The van der Waals surface area contributed by atoms with Crippen LogP contribution < -0.4 is 0 Å². The number of aromatic nitrogens is 4. The van der Waals surface area contributed by atoms with Gasteiger partial charge in [-0.25, -0.2) is 9.97 Å². The number of rotatable bonds is 3. The smallest absolute Gasteiger partial charge is 0.157 e. The molecule has 1 aromatic carbocycles. The summed E-state index contributed by atoms with van der Waals surface area (Å²) in [6.07, 6.45) is 0.718. The molecule has 23 heavy (non-hydrogen) atoms. The number of fused-ring (bicyclic) bond motifs is 1. The van der Waals surface area contributed by atoms with Gasteiger partial charge in [-0.15, -0.1) is 0 Å². The predicted octanol–water partition coefficient (Wildman–Crippen LogP) is 3.92. The zero-order valence-corrected chi connectivity index (χ0v) is 12.8. The van der Waals surface area contributed by atoms with E-state index in [1.165, 1.54) is 0 Å². The molecule has 0 amide bonds. The SMILES string of the molecule is Cc1cccc(Cc2cccc(-c3nc4ccccc4[nH]3)n2)n1. The van der Waals surface area contributed by atoms with E-state index in [1.54, 1.807) is 0 Å². The number of benzene rings is 1. The van der Waals surface area contributed by atoms with Crippen LogP contribution in [0.5, 0.6) is 0 Å². The Kier molecular flexibility index (Phi) is 3.35. The Hall–Kier alpha value is -3.01. The summed E-state index contributed by atoms with van der Waals surface area (Å²) in [5, 5.41) is 0. The molecule has 4 rings (SSSR count). The summed E-state index contributed by atoms with van der Waals surface area (Å²) >= 11 is 0. The first-order chi connectivity index (χ1) is 11.3. The summed E-state index contributed by atoms with van der Waals surface area (Å²) < 4.78 is 0. The fraction of sp³-hybridized carbons (Fsp3) is 0.105. The Labute approximate surface area is 134 Å². The van der Waals surface area contributed by atoms with Crippen molar-refractivity contribution in [3.05, 3.63) is 77.7 Å². The summed E-state index contributed by atoms with van der Waals surface area (Å²) in [7, 11) is 0. The maximum atomic E-state index is 4.73. The summed E-state index contributed by atoms with van der Waals surface area (Å²) in [6, 6.07) is 20.1. The second-order valence-electron chi connectivity index (χ2n) is 5.56. The minimum absolute atomic E-state index is 0.718. The summed E-state index contributed by atoms with van der Waals surface area (Å²) in [5.74, 6) is 0.797. The lowest BCUT2D eigenvalue weighted by Gasteiger charge is -2.03. The second-order valence-corrected chi connectivity index (χ2v) is 5.56. The maximum Gasteiger partial charge on any atom is 0.157 e. The Morgan fingerprint density at radius 2 is 1.57 bits per heavy atom. The van der Waals surface area contributed by atoms with E-state index in [2.05, 4.69) is 15.0 Å². The Morgan fingerprint density at radius 1 is 0.783 bits per heavy atom. The number of pyridine rings is 2. The molecule has 3 heterocycles. The van der Waals surface area contributed by atoms with E-state index >= 15 is 0 Å². The van der Waals surface area contributed by atoms with Crippen molar-refractivity contribution in [1.82, 2.24) is 19.9 Å². The van der Waals surface area contributed by atoms with Gasteiger partial charge in [-0.1, -0.05) is 24.3 Å². The predicted molar refractivity (Wildman–Crippen MR) is 91.1 cm³/mol. The average molecular weight is 300 g/mol. The van der Waals surface area contributed by atoms with Crippen molar-refractivity contribution in [1.29, 1.82) is 0 Å². The van der Waals surface area contributed by atoms with E-state index in [4.69, 9.17) is 4.98 Å². The third-order valence-electron chi connectivity index (χ3n) is 3.75. The number of aromatic amines is 1. The molecule has 0 saturated carbocycles. The van der Waals surface area contributed by atoms with Crippen LogP contribution in [0.1, 0.15) is 17.1 Å². The van der Waals surface area contributed by atoms with Crippen molar-refractivity contribution < 1.29 is 0 Å². The van der Waals surface area contributed by atoms with Crippen molar-refractivity contribution in [2.45, 2.75) is 13.3 Å². The normalized spacial score (nSPS) is 11.0. The van der Waals surface area contributed by atoms with E-state index in [1.807, 2.05) is 67.6 Å². The van der Waals surface area contributed by atoms with Crippen molar-refractivity contribution in [3.8, 4) is 11.5 Å². The third kappa shape index (κ3) is 2.83. The number of nitrogens with one attached hydrogen (secondary N) is 1. The number of aryl methyl sites for hydroxylation is 1. The van der Waals surface area contributed by atoms with Crippen LogP contribution in [0.15, 0.2) is 60.7 Å². The zero-order chi connectivity index (χ0) is 15.6. The maximum absolute atomic E-state index is 4.73. The topological polar surface area (TPSA) is 54.5 Å². The van der Waals surface area contributed by atoms with Crippen LogP contribution in [-0.4, -0.2) is 19.9 Å². The molecule has 0 fully saturated rings. The summed E-state index contributed by atoms with van der Waals surface area (Å²) in [5.41, 5.74) is 5.87. The fourth-order valence-corrected chi connectivity index (χ4v) is 2.67. The van der Waals surface area contributed by atoms with Crippen LogP contribution in [-0.2, 0) is 6.42 Å². The lowest BCUT2D eigenvalue weighted by molar-refractivity contribution is 0.991. The molecule has 0 atom stereocenters. The molecule has 0 unspecified atom stereocenters. The van der Waals surface area contributed by atoms with Crippen molar-refractivity contribution in [3.63, 3.8) is 0 Å². The zero-order valence-electron chi connectivity index (χ0n) is 12.8. The molecule has 0 spiro atoms. The highest BCUT2D eigenvalue weighted by Crippen LogP contribution is 2.19. The highest BCUT2D eigenvalue weighted by atomic mass is 14.9. The molecule has 0 saturated heterocycles. The molecule has 112 valence electrons. The average Bonchev–Trinajstić information content (AvgIpc) is 2.99. The number of hydrogen-bond donors (Lipinski definition) is 1. The van der Waals surface area contributed by atoms with Crippen molar-refractivity contribution in [2.75, 3.05) is 0 Å². The van der Waals surface area contributed by atoms with E-state index < -0.39 is 0 Å².